The predicted molar refractivity (Wildman–Crippen MR) is 146 cm³/mol. The molecule has 1 aromatic carbocycles. The maximum absolute atomic E-state index is 14.0. The Balaban J connectivity index is 3.41. The largest absolute Gasteiger partial charge is 0.466 e. The minimum Gasteiger partial charge on any atom is -0.466 e. The van der Waals surface area contributed by atoms with Crippen molar-refractivity contribution in [2.45, 2.75) is 72.1 Å². The summed E-state index contributed by atoms with van der Waals surface area (Å²) in [6.45, 7) is 14.7. The lowest BCUT2D eigenvalue weighted by atomic mass is 9.95. The van der Waals surface area contributed by atoms with Gasteiger partial charge in [0.2, 0.25) is 11.8 Å². The summed E-state index contributed by atoms with van der Waals surface area (Å²) in [5.41, 5.74) is 0.363. The summed E-state index contributed by atoms with van der Waals surface area (Å²) >= 11 is 0. The normalized spacial score (nSPS) is 13.2. The number of hydrogen-bond donors (Lipinski definition) is 2. The van der Waals surface area contributed by atoms with E-state index in [0.717, 1.165) is 0 Å². The van der Waals surface area contributed by atoms with Gasteiger partial charge in [-0.05, 0) is 51.3 Å². The summed E-state index contributed by atoms with van der Waals surface area (Å²) in [6.07, 6.45) is 6.82. The van der Waals surface area contributed by atoms with Crippen molar-refractivity contribution >= 4 is 23.9 Å². The highest BCUT2D eigenvalue weighted by Gasteiger charge is 2.37. The van der Waals surface area contributed by atoms with E-state index >= 15 is 0 Å². The van der Waals surface area contributed by atoms with E-state index in [2.05, 4.69) is 23.1 Å². The van der Waals surface area contributed by atoms with Gasteiger partial charge >= 0.3 is 12.1 Å². The van der Waals surface area contributed by atoms with Crippen LogP contribution in [0.4, 0.5) is 4.79 Å². The van der Waals surface area contributed by atoms with Gasteiger partial charge < -0.3 is 25.0 Å². The van der Waals surface area contributed by atoms with Crippen molar-refractivity contribution in [1.29, 1.82) is 0 Å². The van der Waals surface area contributed by atoms with Crippen molar-refractivity contribution in [1.82, 2.24) is 15.5 Å². The number of esters is 1. The average Bonchev–Trinajstić information content (AvgIpc) is 2.85. The van der Waals surface area contributed by atoms with Crippen LogP contribution in [0.2, 0.25) is 0 Å². The van der Waals surface area contributed by atoms with Crippen molar-refractivity contribution in [3.63, 3.8) is 0 Å². The van der Waals surface area contributed by atoms with Crippen LogP contribution >= 0.6 is 0 Å². The molecule has 0 spiro atoms. The highest BCUT2D eigenvalue weighted by molar-refractivity contribution is 5.92. The minimum atomic E-state index is -1.08. The first-order chi connectivity index (χ1) is 17.9. The van der Waals surface area contributed by atoms with Crippen LogP contribution in [0.3, 0.4) is 0 Å². The molecule has 1 rings (SSSR count). The molecule has 0 saturated carbocycles. The molecular weight excluding hydrogens is 486 g/mol. The summed E-state index contributed by atoms with van der Waals surface area (Å²) < 4.78 is 10.3. The highest BCUT2D eigenvalue weighted by atomic mass is 16.6. The zero-order valence-electron chi connectivity index (χ0n) is 23.3. The Bertz CT molecular complexity index is 1010. The zero-order chi connectivity index (χ0) is 28.9. The van der Waals surface area contributed by atoms with Gasteiger partial charge in [0.05, 0.1) is 13.0 Å². The SMILES string of the molecule is C#Cc1ccc(C(C(=O)NCCC(=O)OCC)N(CC=C)C(=O)C(NC(=O)OC(C)(C)C)C(C)CC)cc1. The number of terminal acetylenes is 1. The Hall–Kier alpha value is -3.80. The molecule has 3 unspecified atom stereocenters. The molecule has 3 atom stereocenters. The van der Waals surface area contributed by atoms with Crippen LogP contribution < -0.4 is 10.6 Å². The number of nitrogens with one attached hydrogen (secondary N) is 2. The maximum atomic E-state index is 14.0. The van der Waals surface area contributed by atoms with Gasteiger partial charge in [-0.3, -0.25) is 14.4 Å². The van der Waals surface area contributed by atoms with Crippen LogP contribution in [-0.4, -0.2) is 60.1 Å². The third-order valence-electron chi connectivity index (χ3n) is 5.65. The number of carbonyl (C=O) groups excluding carboxylic acids is 4. The molecule has 0 radical (unpaired) electrons. The Morgan fingerprint density at radius 2 is 1.79 bits per heavy atom. The first-order valence-corrected chi connectivity index (χ1v) is 12.8. The van der Waals surface area contributed by atoms with E-state index in [-0.39, 0.29) is 32.0 Å². The minimum absolute atomic E-state index is 0.0204. The molecule has 0 aliphatic carbocycles. The topological polar surface area (TPSA) is 114 Å². The lowest BCUT2D eigenvalue weighted by molar-refractivity contribution is -0.144. The molecule has 0 aliphatic rings. The average molecular weight is 528 g/mol. The Morgan fingerprint density at radius 3 is 2.29 bits per heavy atom. The molecule has 2 N–H and O–H groups in total. The molecule has 3 amide bonds. The first-order valence-electron chi connectivity index (χ1n) is 12.8. The van der Waals surface area contributed by atoms with Gasteiger partial charge in [0.1, 0.15) is 17.7 Å². The Kier molecular flexibility index (Phi) is 13.1. The number of hydrogen-bond acceptors (Lipinski definition) is 6. The van der Waals surface area contributed by atoms with Crippen LogP contribution in [0.5, 0.6) is 0 Å². The van der Waals surface area contributed by atoms with E-state index < -0.39 is 41.6 Å². The Labute approximate surface area is 226 Å². The lowest BCUT2D eigenvalue weighted by Gasteiger charge is -2.35. The van der Waals surface area contributed by atoms with Gasteiger partial charge in [-0.2, -0.15) is 0 Å². The summed E-state index contributed by atoms with van der Waals surface area (Å²) in [4.78, 5) is 53.2. The fourth-order valence-electron chi connectivity index (χ4n) is 3.61. The van der Waals surface area contributed by atoms with Crippen LogP contribution in [-0.2, 0) is 23.9 Å². The predicted octanol–water partition coefficient (Wildman–Crippen LogP) is 3.73. The second-order valence-electron chi connectivity index (χ2n) is 9.80. The Morgan fingerprint density at radius 1 is 1.16 bits per heavy atom. The molecule has 1 aromatic rings. The number of amides is 3. The van der Waals surface area contributed by atoms with Crippen molar-refractivity contribution < 1.29 is 28.7 Å². The third-order valence-corrected chi connectivity index (χ3v) is 5.65. The van der Waals surface area contributed by atoms with E-state index in [1.807, 2.05) is 13.8 Å². The summed E-state index contributed by atoms with van der Waals surface area (Å²) in [5.74, 6) is 0.843. The van der Waals surface area contributed by atoms with Gasteiger partial charge in [-0.1, -0.05) is 44.4 Å². The van der Waals surface area contributed by atoms with Crippen molar-refractivity contribution in [2.75, 3.05) is 19.7 Å². The number of nitrogens with zero attached hydrogens (tertiary/aromatic N) is 1. The number of alkyl carbamates (subject to hydrolysis) is 1. The second kappa shape index (κ2) is 15.5. The van der Waals surface area contributed by atoms with Crippen LogP contribution in [0, 0.1) is 18.3 Å². The van der Waals surface area contributed by atoms with Gasteiger partial charge in [0, 0.05) is 18.7 Å². The molecule has 9 nitrogen and oxygen atoms in total. The molecule has 0 heterocycles. The van der Waals surface area contributed by atoms with Gasteiger partial charge in [-0.15, -0.1) is 13.0 Å². The van der Waals surface area contributed by atoms with E-state index in [9.17, 15) is 19.2 Å². The summed E-state index contributed by atoms with van der Waals surface area (Å²) in [7, 11) is 0. The fraction of sp³-hybridized carbons (Fsp3) is 0.517. The number of carbonyl (C=O) groups is 4. The molecule has 38 heavy (non-hydrogen) atoms. The zero-order valence-corrected chi connectivity index (χ0v) is 23.3. The lowest BCUT2D eigenvalue weighted by Crippen LogP contribution is -2.55. The van der Waals surface area contributed by atoms with Gasteiger partial charge in [0.25, 0.3) is 0 Å². The number of benzene rings is 1. The van der Waals surface area contributed by atoms with Crippen LogP contribution in [0.1, 0.15) is 71.6 Å². The molecule has 208 valence electrons. The second-order valence-corrected chi connectivity index (χ2v) is 9.80. The molecule has 0 fully saturated rings. The number of rotatable bonds is 13. The standard InChI is InChI=1S/C29H41N3O6/c1-9-19-32(27(35)24(20(5)10-2)31-28(36)38-29(6,7)8)25(22-15-13-21(11-3)14-16-22)26(34)30-18-17-23(33)37-12-4/h3,9,13-16,20,24-25H,1,10,12,17-19H2,2,4-8H3,(H,30,34)(H,31,36). The molecule has 9 heteroatoms. The van der Waals surface area contributed by atoms with E-state index in [1.165, 1.54) is 11.0 Å². The van der Waals surface area contributed by atoms with E-state index in [0.29, 0.717) is 17.5 Å². The van der Waals surface area contributed by atoms with E-state index in [4.69, 9.17) is 15.9 Å². The highest BCUT2D eigenvalue weighted by Crippen LogP contribution is 2.25. The molecule has 0 saturated heterocycles. The first kappa shape index (κ1) is 32.2. The smallest absolute Gasteiger partial charge is 0.408 e. The van der Waals surface area contributed by atoms with Crippen LogP contribution in [0.15, 0.2) is 36.9 Å². The third kappa shape index (κ3) is 10.3. The quantitative estimate of drug-likeness (QED) is 0.230. The van der Waals surface area contributed by atoms with Crippen molar-refractivity contribution in [3.05, 3.63) is 48.0 Å². The van der Waals surface area contributed by atoms with Crippen LogP contribution in [0.25, 0.3) is 0 Å². The molecule has 0 aromatic heterocycles. The summed E-state index contributed by atoms with van der Waals surface area (Å²) in [5, 5.41) is 5.42. The summed E-state index contributed by atoms with van der Waals surface area (Å²) in [6, 6.07) is 4.66. The molecular formula is C29H41N3O6. The molecule has 0 aliphatic heterocycles. The van der Waals surface area contributed by atoms with Gasteiger partial charge in [0.15, 0.2) is 0 Å². The van der Waals surface area contributed by atoms with Crippen molar-refractivity contribution in [2.24, 2.45) is 5.92 Å². The number of ether oxygens (including phenoxy) is 2. The van der Waals surface area contributed by atoms with Crippen molar-refractivity contribution in [3.8, 4) is 12.3 Å². The van der Waals surface area contributed by atoms with Gasteiger partial charge in [-0.25, -0.2) is 4.79 Å². The molecule has 0 bridgehead atoms. The maximum Gasteiger partial charge on any atom is 0.408 e. The monoisotopic (exact) mass is 527 g/mol. The van der Waals surface area contributed by atoms with E-state index in [1.54, 1.807) is 52.0 Å². The fourth-order valence-corrected chi connectivity index (χ4v) is 3.61.